The first-order chi connectivity index (χ1) is 6.79. The summed E-state index contributed by atoms with van der Waals surface area (Å²) in [5, 5.41) is 17.8. The van der Waals surface area contributed by atoms with Crippen molar-refractivity contribution < 1.29 is 19.8 Å². The molecule has 0 aromatic heterocycles. The van der Waals surface area contributed by atoms with Crippen LogP contribution in [0.4, 0.5) is 0 Å². The quantitative estimate of drug-likeness (QED) is 0.765. The van der Waals surface area contributed by atoms with E-state index in [-0.39, 0.29) is 12.0 Å². The van der Waals surface area contributed by atoms with Gasteiger partial charge in [-0.2, -0.15) is 0 Å². The Balaban J connectivity index is 3.26. The van der Waals surface area contributed by atoms with Gasteiger partial charge < -0.3 is 10.2 Å². The number of alkyl halides is 1. The lowest BCUT2D eigenvalue weighted by Gasteiger charge is -2.27. The minimum atomic E-state index is -1.70. The number of aliphatic carboxylic acids is 2. The standard InChI is InChI=1S/C9H8BrClO4/c1-4-2-5(7(12)13)3-9(11,6(4)10)8(14)15/h2H,3H2,1H3,(H,12,13)(H,14,15). The van der Waals surface area contributed by atoms with Gasteiger partial charge in [-0.15, -0.1) is 11.6 Å². The lowest BCUT2D eigenvalue weighted by molar-refractivity contribution is -0.139. The number of carboxylic acids is 2. The highest BCUT2D eigenvalue weighted by molar-refractivity contribution is 9.11. The van der Waals surface area contributed by atoms with E-state index in [2.05, 4.69) is 15.9 Å². The average Bonchev–Trinajstić information content (AvgIpc) is 2.12. The highest BCUT2D eigenvalue weighted by Gasteiger charge is 2.44. The van der Waals surface area contributed by atoms with Gasteiger partial charge in [-0.3, -0.25) is 0 Å². The molecule has 0 bridgehead atoms. The summed E-state index contributed by atoms with van der Waals surface area (Å²) in [4.78, 5) is 20.0. The molecule has 0 amide bonds. The van der Waals surface area contributed by atoms with E-state index in [4.69, 9.17) is 21.8 Å². The number of carboxylic acid groups (broad SMARTS) is 2. The molecule has 1 rings (SSSR count). The van der Waals surface area contributed by atoms with Crippen LogP contribution >= 0.6 is 27.5 Å². The van der Waals surface area contributed by atoms with Crippen LogP contribution in [0.3, 0.4) is 0 Å². The van der Waals surface area contributed by atoms with Crippen LogP contribution in [-0.4, -0.2) is 27.0 Å². The summed E-state index contributed by atoms with van der Waals surface area (Å²) in [7, 11) is 0. The Morgan fingerprint density at radius 3 is 2.47 bits per heavy atom. The second-order valence-electron chi connectivity index (χ2n) is 3.25. The number of halogens is 2. The molecule has 4 nitrogen and oxygen atoms in total. The first kappa shape index (κ1) is 12.3. The van der Waals surface area contributed by atoms with Crippen molar-refractivity contribution in [3.63, 3.8) is 0 Å². The molecule has 0 spiro atoms. The number of rotatable bonds is 2. The Kier molecular flexibility index (Phi) is 3.25. The summed E-state index contributed by atoms with van der Waals surface area (Å²) in [5.74, 6) is -2.41. The van der Waals surface area contributed by atoms with E-state index in [0.717, 1.165) is 0 Å². The fourth-order valence-electron chi connectivity index (χ4n) is 1.34. The predicted octanol–water partition coefficient (Wildman–Crippen LogP) is 2.13. The van der Waals surface area contributed by atoms with Crippen molar-refractivity contribution in [1.82, 2.24) is 0 Å². The fraction of sp³-hybridized carbons (Fsp3) is 0.333. The van der Waals surface area contributed by atoms with E-state index in [9.17, 15) is 9.59 Å². The van der Waals surface area contributed by atoms with E-state index >= 15 is 0 Å². The molecule has 0 aromatic carbocycles. The van der Waals surface area contributed by atoms with Crippen LogP contribution in [0.1, 0.15) is 13.3 Å². The fourth-order valence-corrected chi connectivity index (χ4v) is 2.05. The van der Waals surface area contributed by atoms with Crippen molar-refractivity contribution in [2.45, 2.75) is 18.2 Å². The monoisotopic (exact) mass is 294 g/mol. The molecule has 1 atom stereocenters. The molecule has 0 saturated heterocycles. The van der Waals surface area contributed by atoms with Crippen LogP contribution in [-0.2, 0) is 9.59 Å². The maximum absolute atomic E-state index is 11.0. The minimum absolute atomic E-state index is 0.00639. The van der Waals surface area contributed by atoms with Gasteiger partial charge in [-0.25, -0.2) is 9.59 Å². The van der Waals surface area contributed by atoms with Gasteiger partial charge in [-0.05, 0) is 18.6 Å². The molecule has 0 aliphatic heterocycles. The molecule has 0 radical (unpaired) electrons. The van der Waals surface area contributed by atoms with Crippen molar-refractivity contribution in [2.75, 3.05) is 0 Å². The molecular formula is C9H8BrClO4. The minimum Gasteiger partial charge on any atom is -0.480 e. The highest BCUT2D eigenvalue weighted by Crippen LogP contribution is 2.42. The van der Waals surface area contributed by atoms with Gasteiger partial charge in [0.15, 0.2) is 4.87 Å². The second kappa shape index (κ2) is 3.98. The molecule has 6 heteroatoms. The molecule has 0 fully saturated rings. The van der Waals surface area contributed by atoms with Crippen molar-refractivity contribution in [2.24, 2.45) is 0 Å². The van der Waals surface area contributed by atoms with E-state index < -0.39 is 16.8 Å². The van der Waals surface area contributed by atoms with Crippen LogP contribution in [0.5, 0.6) is 0 Å². The Bertz CT molecular complexity index is 399. The van der Waals surface area contributed by atoms with Gasteiger partial charge in [0.25, 0.3) is 0 Å². The van der Waals surface area contributed by atoms with Gasteiger partial charge in [0.05, 0.1) is 0 Å². The van der Waals surface area contributed by atoms with Crippen LogP contribution in [0, 0.1) is 0 Å². The maximum atomic E-state index is 11.0. The summed E-state index contributed by atoms with van der Waals surface area (Å²) in [6.07, 6.45) is 1.17. The van der Waals surface area contributed by atoms with Crippen molar-refractivity contribution in [1.29, 1.82) is 0 Å². The van der Waals surface area contributed by atoms with Crippen molar-refractivity contribution >= 4 is 39.5 Å². The topological polar surface area (TPSA) is 74.6 Å². The molecule has 0 aromatic rings. The van der Waals surface area contributed by atoms with Crippen LogP contribution in [0.2, 0.25) is 0 Å². The summed E-state index contributed by atoms with van der Waals surface area (Å²) in [6, 6.07) is 0. The summed E-state index contributed by atoms with van der Waals surface area (Å²) in [5.41, 5.74) is 0.504. The first-order valence-electron chi connectivity index (χ1n) is 4.02. The van der Waals surface area contributed by atoms with Crippen molar-refractivity contribution in [3.8, 4) is 0 Å². The highest BCUT2D eigenvalue weighted by atomic mass is 79.9. The molecule has 2 N–H and O–H groups in total. The Morgan fingerprint density at radius 1 is 1.53 bits per heavy atom. The molecule has 15 heavy (non-hydrogen) atoms. The number of carbonyl (C=O) groups is 2. The van der Waals surface area contributed by atoms with Gasteiger partial charge in [0, 0.05) is 16.5 Å². The molecule has 0 saturated carbocycles. The molecule has 1 aliphatic carbocycles. The van der Waals surface area contributed by atoms with E-state index in [1.165, 1.54) is 6.08 Å². The summed E-state index contributed by atoms with van der Waals surface area (Å²) in [6.45, 7) is 1.60. The first-order valence-corrected chi connectivity index (χ1v) is 5.19. The third-order valence-electron chi connectivity index (χ3n) is 2.13. The molecule has 1 unspecified atom stereocenters. The van der Waals surface area contributed by atoms with Gasteiger partial charge >= 0.3 is 11.9 Å². The van der Waals surface area contributed by atoms with E-state index in [1.807, 2.05) is 0 Å². The molecule has 1 aliphatic rings. The zero-order valence-corrected chi connectivity index (χ0v) is 10.1. The molecule has 0 heterocycles. The van der Waals surface area contributed by atoms with E-state index in [1.54, 1.807) is 6.92 Å². The van der Waals surface area contributed by atoms with Crippen LogP contribution in [0.15, 0.2) is 21.7 Å². The number of allylic oxidation sites excluding steroid dienone is 2. The zero-order chi connectivity index (χ0) is 11.8. The lowest BCUT2D eigenvalue weighted by Crippen LogP contribution is -2.36. The third kappa shape index (κ3) is 2.08. The number of hydrogen-bond acceptors (Lipinski definition) is 2. The Hall–Kier alpha value is -0.810. The smallest absolute Gasteiger partial charge is 0.331 e. The zero-order valence-electron chi connectivity index (χ0n) is 7.75. The van der Waals surface area contributed by atoms with Crippen LogP contribution in [0.25, 0.3) is 0 Å². The molecule has 82 valence electrons. The van der Waals surface area contributed by atoms with Crippen molar-refractivity contribution in [3.05, 3.63) is 21.7 Å². The second-order valence-corrected chi connectivity index (χ2v) is 4.69. The normalized spacial score (nSPS) is 26.2. The lowest BCUT2D eigenvalue weighted by atomic mass is 9.90. The van der Waals surface area contributed by atoms with Gasteiger partial charge in [0.2, 0.25) is 0 Å². The van der Waals surface area contributed by atoms with Gasteiger partial charge in [0.1, 0.15) is 0 Å². The van der Waals surface area contributed by atoms with E-state index in [0.29, 0.717) is 10.1 Å². The third-order valence-corrected chi connectivity index (χ3v) is 4.15. The SMILES string of the molecule is CC1=C(Br)C(Cl)(C(=O)O)CC(C(=O)O)=C1. The molecular weight excluding hydrogens is 287 g/mol. The predicted molar refractivity (Wildman–Crippen MR) is 58.2 cm³/mol. The number of hydrogen-bond donors (Lipinski definition) is 2. The largest absolute Gasteiger partial charge is 0.480 e. The van der Waals surface area contributed by atoms with Crippen LogP contribution < -0.4 is 0 Å². The summed E-state index contributed by atoms with van der Waals surface area (Å²) >= 11 is 8.97. The Labute approximate surface area is 99.4 Å². The maximum Gasteiger partial charge on any atom is 0.331 e. The summed E-state index contributed by atoms with van der Waals surface area (Å²) < 4.78 is 0.300. The Morgan fingerprint density at radius 2 is 2.07 bits per heavy atom. The van der Waals surface area contributed by atoms with Gasteiger partial charge in [-0.1, -0.05) is 15.9 Å². The average molecular weight is 296 g/mol.